The number of hydrogen-bond donors (Lipinski definition) is 1. The van der Waals surface area contributed by atoms with Gasteiger partial charge in [0, 0.05) is 0 Å². The Morgan fingerprint density at radius 1 is 1.17 bits per heavy atom. The van der Waals surface area contributed by atoms with E-state index in [1.807, 2.05) is 30.3 Å². The third kappa shape index (κ3) is 5.86. The minimum absolute atomic E-state index is 0.0209. The van der Waals surface area contributed by atoms with Crippen LogP contribution in [0.1, 0.15) is 31.7 Å². The molecule has 2 aromatic rings. The number of carbonyl (C=O) groups excluding carboxylic acids is 1. The van der Waals surface area contributed by atoms with Crippen molar-refractivity contribution >= 4 is 51.4 Å². The molecule has 0 radical (unpaired) electrons. The molecule has 0 fully saturated rings. The van der Waals surface area contributed by atoms with E-state index in [0.29, 0.717) is 33.9 Å². The zero-order valence-corrected chi connectivity index (χ0v) is 21.0. The highest BCUT2D eigenvalue weighted by molar-refractivity contribution is 8.26. The van der Waals surface area contributed by atoms with Crippen LogP contribution >= 0.6 is 23.4 Å². The molecule has 0 aliphatic carbocycles. The van der Waals surface area contributed by atoms with E-state index in [1.54, 1.807) is 18.2 Å². The van der Waals surface area contributed by atoms with Crippen LogP contribution < -0.4 is 14.2 Å². The fraction of sp³-hybridized carbons (Fsp3) is 0.280. The van der Waals surface area contributed by atoms with Gasteiger partial charge in [0.2, 0.25) is 5.17 Å². The van der Waals surface area contributed by atoms with Crippen molar-refractivity contribution in [2.24, 2.45) is 10.1 Å². The second-order valence-corrected chi connectivity index (χ2v) is 9.11. The molecule has 2 aromatic carbocycles. The summed E-state index contributed by atoms with van der Waals surface area (Å²) in [7, 11) is 1.51. The number of thioether (sulfide) groups is 1. The highest BCUT2D eigenvalue weighted by Gasteiger charge is 2.35. The number of methoxy groups -OCH3 is 1. The third-order valence-electron chi connectivity index (χ3n) is 5.14. The van der Waals surface area contributed by atoms with Gasteiger partial charge in [0.1, 0.15) is 24.0 Å². The summed E-state index contributed by atoms with van der Waals surface area (Å²) in [5.74, 6) is 1.01. The lowest BCUT2D eigenvalue weighted by molar-refractivity contribution is -0.114. The Balaban J connectivity index is 1.48. The number of ether oxygens (including phenoxy) is 3. The van der Waals surface area contributed by atoms with E-state index >= 15 is 0 Å². The van der Waals surface area contributed by atoms with Gasteiger partial charge in [0.05, 0.1) is 17.7 Å². The summed E-state index contributed by atoms with van der Waals surface area (Å²) in [6, 6.07) is 12.8. The lowest BCUT2D eigenvalue weighted by atomic mass is 10.1. The minimum Gasteiger partial charge on any atom is -0.493 e. The highest BCUT2D eigenvalue weighted by Crippen LogP contribution is 2.38. The Labute approximate surface area is 213 Å². The lowest BCUT2D eigenvalue weighted by Gasteiger charge is -2.20. The smallest absolute Gasteiger partial charge is 0.283 e. The van der Waals surface area contributed by atoms with Crippen molar-refractivity contribution in [2.75, 3.05) is 20.3 Å². The van der Waals surface area contributed by atoms with Crippen molar-refractivity contribution in [3.63, 3.8) is 0 Å². The van der Waals surface area contributed by atoms with Crippen molar-refractivity contribution < 1.29 is 19.0 Å². The van der Waals surface area contributed by atoms with E-state index in [2.05, 4.69) is 17.0 Å². The normalized spacial score (nSPS) is 16.2. The molecular weight excluding hydrogens is 488 g/mol. The average Bonchev–Trinajstić information content (AvgIpc) is 3.27. The van der Waals surface area contributed by atoms with Gasteiger partial charge in [-0.3, -0.25) is 10.2 Å². The number of carbonyl (C=O) groups is 1. The number of amides is 1. The summed E-state index contributed by atoms with van der Waals surface area (Å²) in [5.41, 5.74) is 0.700. The van der Waals surface area contributed by atoms with E-state index in [4.69, 9.17) is 31.2 Å². The van der Waals surface area contributed by atoms with Gasteiger partial charge >= 0.3 is 0 Å². The topological polar surface area (TPSA) is 96.6 Å². The maximum absolute atomic E-state index is 12.7. The van der Waals surface area contributed by atoms with Crippen LogP contribution in [0.15, 0.2) is 58.1 Å². The van der Waals surface area contributed by atoms with Crippen molar-refractivity contribution in [3.8, 4) is 17.2 Å². The zero-order chi connectivity index (χ0) is 24.8. The molecular formula is C25H25ClN4O4S. The second-order valence-electron chi connectivity index (χ2n) is 7.66. The maximum Gasteiger partial charge on any atom is 0.283 e. The van der Waals surface area contributed by atoms with Crippen molar-refractivity contribution in [2.45, 2.75) is 26.2 Å². The van der Waals surface area contributed by atoms with E-state index in [0.717, 1.165) is 30.1 Å². The molecule has 10 heteroatoms. The number of halogens is 1. The molecule has 0 saturated heterocycles. The molecule has 0 saturated carbocycles. The van der Waals surface area contributed by atoms with Crippen LogP contribution in [0, 0.1) is 5.41 Å². The molecule has 35 heavy (non-hydrogen) atoms. The summed E-state index contributed by atoms with van der Waals surface area (Å²) in [4.78, 5) is 16.8. The fourth-order valence-electron chi connectivity index (χ4n) is 3.41. The van der Waals surface area contributed by atoms with Gasteiger partial charge in [0.15, 0.2) is 17.3 Å². The molecule has 8 nitrogen and oxygen atoms in total. The average molecular weight is 513 g/mol. The highest BCUT2D eigenvalue weighted by atomic mass is 35.5. The number of rotatable bonds is 10. The number of benzene rings is 2. The minimum atomic E-state index is -0.492. The first-order chi connectivity index (χ1) is 17.0. The Hall–Kier alpha value is -3.30. The summed E-state index contributed by atoms with van der Waals surface area (Å²) < 4.78 is 16.9. The van der Waals surface area contributed by atoms with Gasteiger partial charge in [0.25, 0.3) is 5.91 Å². The molecule has 2 heterocycles. The molecule has 0 spiro atoms. The van der Waals surface area contributed by atoms with Crippen molar-refractivity contribution in [1.82, 2.24) is 5.01 Å². The second kappa shape index (κ2) is 11.4. The van der Waals surface area contributed by atoms with Crippen LogP contribution in [0.3, 0.4) is 0 Å². The van der Waals surface area contributed by atoms with Crippen LogP contribution in [0.25, 0.3) is 6.08 Å². The van der Waals surface area contributed by atoms with Crippen LogP contribution in [0.5, 0.6) is 17.2 Å². The van der Waals surface area contributed by atoms with Crippen molar-refractivity contribution in [1.29, 1.82) is 5.41 Å². The summed E-state index contributed by atoms with van der Waals surface area (Å²) in [6.07, 6.45) is 4.38. The third-order valence-corrected chi connectivity index (χ3v) is 6.39. The Morgan fingerprint density at radius 2 is 1.94 bits per heavy atom. The summed E-state index contributed by atoms with van der Waals surface area (Å²) in [5, 5.41) is 16.0. The van der Waals surface area contributed by atoms with Crippen LogP contribution in [-0.4, -0.2) is 47.3 Å². The lowest BCUT2D eigenvalue weighted by Crippen LogP contribution is -2.35. The molecule has 0 unspecified atom stereocenters. The number of para-hydroxylation sites is 1. The zero-order valence-electron chi connectivity index (χ0n) is 19.4. The Bertz CT molecular complexity index is 1210. The van der Waals surface area contributed by atoms with Gasteiger partial charge in [-0.2, -0.15) is 15.1 Å². The van der Waals surface area contributed by atoms with Gasteiger partial charge in [-0.05, 0) is 60.5 Å². The first kappa shape index (κ1) is 24.8. The van der Waals surface area contributed by atoms with Crippen LogP contribution in [-0.2, 0) is 4.79 Å². The molecule has 1 amide bonds. The van der Waals surface area contributed by atoms with Gasteiger partial charge in [-0.15, -0.1) is 0 Å². The number of nitrogens with zero attached hydrogens (tertiary/aromatic N) is 3. The number of hydrazone groups is 1. The maximum atomic E-state index is 12.7. The number of nitrogens with one attached hydrogen (secondary N) is 1. The molecule has 182 valence electrons. The van der Waals surface area contributed by atoms with Gasteiger partial charge in [-0.1, -0.05) is 43.1 Å². The predicted molar refractivity (Wildman–Crippen MR) is 140 cm³/mol. The molecule has 2 aliphatic heterocycles. The Morgan fingerprint density at radius 3 is 2.69 bits per heavy atom. The van der Waals surface area contributed by atoms with E-state index in [-0.39, 0.29) is 18.0 Å². The number of unbranched alkanes of at least 4 members (excludes halogenated alkanes) is 1. The fourth-order valence-corrected chi connectivity index (χ4v) is 4.61. The van der Waals surface area contributed by atoms with Gasteiger partial charge < -0.3 is 14.2 Å². The van der Waals surface area contributed by atoms with E-state index in [1.165, 1.54) is 23.9 Å². The molecule has 1 N–H and O–H groups in total. The first-order valence-electron chi connectivity index (χ1n) is 11.2. The Kier molecular flexibility index (Phi) is 8.09. The quantitative estimate of drug-likeness (QED) is 0.328. The molecule has 0 atom stereocenters. The predicted octanol–water partition coefficient (Wildman–Crippen LogP) is 5.62. The van der Waals surface area contributed by atoms with E-state index in [9.17, 15) is 4.79 Å². The molecule has 0 bridgehead atoms. The van der Waals surface area contributed by atoms with Crippen LogP contribution in [0.4, 0.5) is 0 Å². The van der Waals surface area contributed by atoms with Crippen LogP contribution in [0.2, 0.25) is 5.02 Å². The number of hydrogen-bond acceptors (Lipinski definition) is 7. The standard InChI is InChI=1S/C25H25ClN4O4S/c1-3-4-10-21-29-30-23(27)18(24(31)28-25(30)35-21)13-16-14-19(26)22(20(15-16)32-2)34-12-11-33-17-8-6-5-7-9-17/h5-9,13-15,27H,3-4,10-12H2,1-2H3/b18-13-,27-23?. The number of fused-ring (bicyclic) bond motifs is 1. The molecule has 4 rings (SSSR count). The summed E-state index contributed by atoms with van der Waals surface area (Å²) in [6.45, 7) is 2.69. The van der Waals surface area contributed by atoms with Gasteiger partial charge in [-0.25, -0.2) is 0 Å². The number of aliphatic imine (C=N–C) groups is 1. The first-order valence-corrected chi connectivity index (χ1v) is 12.4. The molecule has 0 aromatic heterocycles. The summed E-state index contributed by atoms with van der Waals surface area (Å²) >= 11 is 7.82. The van der Waals surface area contributed by atoms with E-state index < -0.39 is 5.91 Å². The number of amidine groups is 2. The molecule has 2 aliphatic rings. The largest absolute Gasteiger partial charge is 0.493 e. The SMILES string of the molecule is CCCCC1=NN2C(=N)/C(=C/c3cc(Cl)c(OCCOc4ccccc4)c(OC)c3)C(=O)N=C2S1. The monoisotopic (exact) mass is 512 g/mol. The van der Waals surface area contributed by atoms with Crippen molar-refractivity contribution in [3.05, 3.63) is 58.6 Å².